The molecule has 0 amide bonds. The highest BCUT2D eigenvalue weighted by Crippen LogP contribution is 2.22. The summed E-state index contributed by atoms with van der Waals surface area (Å²) in [5.74, 6) is 0. The van der Waals surface area contributed by atoms with Gasteiger partial charge in [0.15, 0.2) is 0 Å². The van der Waals surface area contributed by atoms with Crippen molar-refractivity contribution < 1.29 is 13.2 Å². The molecule has 96 valence electrons. The average molecular weight is 246 g/mol. The zero-order chi connectivity index (χ0) is 13.1. The van der Waals surface area contributed by atoms with Crippen molar-refractivity contribution in [2.45, 2.75) is 39.0 Å². The van der Waals surface area contributed by atoms with Crippen LogP contribution < -0.4 is 11.1 Å². The van der Waals surface area contributed by atoms with E-state index >= 15 is 0 Å². The fourth-order valence-electron chi connectivity index (χ4n) is 1.60. The number of nitrogens with one attached hydrogen (secondary N) is 1. The number of rotatable bonds is 4. The van der Waals surface area contributed by atoms with Gasteiger partial charge >= 0.3 is 6.18 Å². The Labute approximate surface area is 99.0 Å². The molecular weight excluding hydrogens is 229 g/mol. The third kappa shape index (κ3) is 4.65. The van der Waals surface area contributed by atoms with Gasteiger partial charge in [-0.1, -0.05) is 12.1 Å². The van der Waals surface area contributed by atoms with Gasteiger partial charge < -0.3 is 11.1 Å². The Morgan fingerprint density at radius 3 is 2.59 bits per heavy atom. The third-order valence-corrected chi connectivity index (χ3v) is 2.67. The first kappa shape index (κ1) is 13.8. The van der Waals surface area contributed by atoms with Crippen LogP contribution in [0.2, 0.25) is 0 Å². The van der Waals surface area contributed by atoms with Crippen LogP contribution in [-0.4, -0.2) is 12.2 Å². The van der Waals surface area contributed by atoms with Gasteiger partial charge in [-0.2, -0.15) is 13.2 Å². The van der Waals surface area contributed by atoms with Crippen LogP contribution in [0.25, 0.3) is 0 Å². The molecule has 0 aliphatic heterocycles. The number of halogens is 3. The van der Waals surface area contributed by atoms with Crippen molar-refractivity contribution >= 4 is 5.69 Å². The normalized spacial score (nSPS) is 13.7. The van der Waals surface area contributed by atoms with Crippen molar-refractivity contribution in [3.63, 3.8) is 0 Å². The van der Waals surface area contributed by atoms with Crippen molar-refractivity contribution in [1.29, 1.82) is 0 Å². The van der Waals surface area contributed by atoms with Crippen molar-refractivity contribution in [3.8, 4) is 0 Å². The highest BCUT2D eigenvalue weighted by molar-refractivity contribution is 5.49. The third-order valence-electron chi connectivity index (χ3n) is 2.67. The second kappa shape index (κ2) is 5.40. The zero-order valence-corrected chi connectivity index (χ0v) is 9.93. The summed E-state index contributed by atoms with van der Waals surface area (Å²) in [6.45, 7) is 3.78. The predicted molar refractivity (Wildman–Crippen MR) is 62.6 cm³/mol. The summed E-state index contributed by atoms with van der Waals surface area (Å²) in [7, 11) is 0. The summed E-state index contributed by atoms with van der Waals surface area (Å²) in [6, 6.07) is 4.83. The number of benzene rings is 1. The highest BCUT2D eigenvalue weighted by Gasteiger charge is 2.29. The molecule has 0 bridgehead atoms. The molecule has 0 fully saturated rings. The molecule has 2 nitrogen and oxygen atoms in total. The molecule has 1 aromatic carbocycles. The van der Waals surface area contributed by atoms with Gasteiger partial charge in [0.25, 0.3) is 0 Å². The highest BCUT2D eigenvalue weighted by atomic mass is 19.4. The van der Waals surface area contributed by atoms with Gasteiger partial charge in [0.1, 0.15) is 0 Å². The van der Waals surface area contributed by atoms with Crippen LogP contribution in [0.4, 0.5) is 18.9 Å². The molecule has 0 aromatic heterocycles. The molecule has 0 heterocycles. The molecule has 1 aromatic rings. The molecule has 0 spiro atoms. The summed E-state index contributed by atoms with van der Waals surface area (Å²) >= 11 is 0. The molecule has 1 atom stereocenters. The van der Waals surface area contributed by atoms with Crippen LogP contribution in [0.3, 0.4) is 0 Å². The van der Waals surface area contributed by atoms with Crippen LogP contribution in [0.1, 0.15) is 24.5 Å². The van der Waals surface area contributed by atoms with E-state index < -0.39 is 18.6 Å². The van der Waals surface area contributed by atoms with E-state index in [2.05, 4.69) is 5.32 Å². The van der Waals surface area contributed by atoms with Gasteiger partial charge in [0, 0.05) is 18.3 Å². The quantitative estimate of drug-likeness (QED) is 0.801. The number of hydrogen-bond acceptors (Lipinski definition) is 2. The van der Waals surface area contributed by atoms with E-state index in [4.69, 9.17) is 5.73 Å². The maximum absolute atomic E-state index is 12.1. The summed E-state index contributed by atoms with van der Waals surface area (Å²) in [4.78, 5) is 0. The van der Waals surface area contributed by atoms with Gasteiger partial charge in [-0.05, 0) is 31.0 Å². The summed E-state index contributed by atoms with van der Waals surface area (Å²) in [5.41, 5.74) is 8.23. The number of nitrogen functional groups attached to an aromatic ring is 1. The van der Waals surface area contributed by atoms with E-state index in [1.165, 1.54) is 6.92 Å². The Morgan fingerprint density at radius 1 is 1.35 bits per heavy atom. The molecule has 17 heavy (non-hydrogen) atoms. The van der Waals surface area contributed by atoms with Crippen LogP contribution >= 0.6 is 0 Å². The lowest BCUT2D eigenvalue weighted by molar-refractivity contribution is -0.139. The first-order valence-electron chi connectivity index (χ1n) is 5.43. The average Bonchev–Trinajstić information content (AvgIpc) is 2.18. The Bertz CT molecular complexity index is 375. The summed E-state index contributed by atoms with van der Waals surface area (Å²) < 4.78 is 36.3. The molecule has 0 aliphatic rings. The second-order valence-corrected chi connectivity index (χ2v) is 4.23. The molecule has 5 heteroatoms. The van der Waals surface area contributed by atoms with E-state index in [0.29, 0.717) is 12.2 Å². The van der Waals surface area contributed by atoms with E-state index in [1.54, 1.807) is 12.1 Å². The van der Waals surface area contributed by atoms with Crippen molar-refractivity contribution in [3.05, 3.63) is 29.3 Å². The fourth-order valence-corrected chi connectivity index (χ4v) is 1.60. The van der Waals surface area contributed by atoms with E-state index in [1.807, 2.05) is 13.0 Å². The first-order valence-corrected chi connectivity index (χ1v) is 5.43. The monoisotopic (exact) mass is 246 g/mol. The molecule has 0 saturated heterocycles. The summed E-state index contributed by atoms with van der Waals surface area (Å²) in [6.07, 6.45) is -4.95. The van der Waals surface area contributed by atoms with E-state index in [-0.39, 0.29) is 0 Å². The van der Waals surface area contributed by atoms with Crippen LogP contribution in [0.15, 0.2) is 18.2 Å². The van der Waals surface area contributed by atoms with Crippen molar-refractivity contribution in [1.82, 2.24) is 5.32 Å². The van der Waals surface area contributed by atoms with Gasteiger partial charge in [-0.3, -0.25) is 0 Å². The van der Waals surface area contributed by atoms with E-state index in [9.17, 15) is 13.2 Å². The molecule has 0 radical (unpaired) electrons. The lowest BCUT2D eigenvalue weighted by Gasteiger charge is -2.17. The number of anilines is 1. The van der Waals surface area contributed by atoms with Crippen molar-refractivity contribution in [2.75, 3.05) is 5.73 Å². The Balaban J connectivity index is 2.53. The Morgan fingerprint density at radius 2 is 2.00 bits per heavy atom. The molecular formula is C12H17F3N2. The fraction of sp³-hybridized carbons (Fsp3) is 0.500. The minimum Gasteiger partial charge on any atom is -0.399 e. The molecule has 1 unspecified atom stereocenters. The van der Waals surface area contributed by atoms with Crippen LogP contribution in [-0.2, 0) is 6.54 Å². The van der Waals surface area contributed by atoms with Gasteiger partial charge in [-0.25, -0.2) is 0 Å². The maximum Gasteiger partial charge on any atom is 0.390 e. The molecule has 0 aliphatic carbocycles. The Kier molecular flexibility index (Phi) is 4.40. The van der Waals surface area contributed by atoms with Crippen LogP contribution in [0, 0.1) is 6.92 Å². The number of nitrogens with two attached hydrogens (primary N) is 1. The first-order chi connectivity index (χ1) is 7.79. The van der Waals surface area contributed by atoms with E-state index in [0.717, 1.165) is 11.1 Å². The minimum atomic E-state index is -4.13. The standard InChI is InChI=1S/C12H17F3N2/c1-8(6-12(13,14)15)17-7-10-4-3-5-11(16)9(10)2/h3-5,8,17H,6-7,16H2,1-2H3. The molecule has 1 rings (SSSR count). The second-order valence-electron chi connectivity index (χ2n) is 4.23. The largest absolute Gasteiger partial charge is 0.399 e. The smallest absolute Gasteiger partial charge is 0.390 e. The lowest BCUT2D eigenvalue weighted by Crippen LogP contribution is -2.30. The van der Waals surface area contributed by atoms with Gasteiger partial charge in [-0.15, -0.1) is 0 Å². The molecule has 3 N–H and O–H groups in total. The predicted octanol–water partition coefficient (Wildman–Crippen LogP) is 3.01. The Hall–Kier alpha value is -1.23. The van der Waals surface area contributed by atoms with Gasteiger partial charge in [0.05, 0.1) is 6.42 Å². The SMILES string of the molecule is Cc1c(N)cccc1CNC(C)CC(F)(F)F. The number of hydrogen-bond donors (Lipinski definition) is 2. The van der Waals surface area contributed by atoms with Gasteiger partial charge in [0.2, 0.25) is 0 Å². The lowest BCUT2D eigenvalue weighted by atomic mass is 10.1. The topological polar surface area (TPSA) is 38.0 Å². The maximum atomic E-state index is 12.1. The van der Waals surface area contributed by atoms with Crippen LogP contribution in [0.5, 0.6) is 0 Å². The molecule has 0 saturated carbocycles. The summed E-state index contributed by atoms with van der Waals surface area (Å²) in [5, 5.41) is 2.85. The number of alkyl halides is 3. The van der Waals surface area contributed by atoms with Crippen molar-refractivity contribution in [2.24, 2.45) is 0 Å². The minimum absolute atomic E-state index is 0.397. The zero-order valence-electron chi connectivity index (χ0n) is 9.93.